The summed E-state index contributed by atoms with van der Waals surface area (Å²) in [6.07, 6.45) is 2.85. The van der Waals surface area contributed by atoms with Crippen LogP contribution in [0.15, 0.2) is 18.2 Å². The molecule has 0 saturated carbocycles. The van der Waals surface area contributed by atoms with Crippen molar-refractivity contribution in [1.82, 2.24) is 4.90 Å². The lowest BCUT2D eigenvalue weighted by Gasteiger charge is -2.34. The fourth-order valence-corrected chi connectivity index (χ4v) is 3.56. The summed E-state index contributed by atoms with van der Waals surface area (Å²) in [6, 6.07) is 5.56. The summed E-state index contributed by atoms with van der Waals surface area (Å²) in [7, 11) is 3.22. The number of piperidine rings is 1. The number of methoxy groups -OCH3 is 2. The van der Waals surface area contributed by atoms with Crippen molar-refractivity contribution < 1.29 is 23.7 Å². The van der Waals surface area contributed by atoms with Gasteiger partial charge in [0.15, 0.2) is 11.5 Å². The summed E-state index contributed by atoms with van der Waals surface area (Å²) in [5, 5.41) is 0. The van der Waals surface area contributed by atoms with Gasteiger partial charge in [0.05, 0.1) is 20.3 Å². The van der Waals surface area contributed by atoms with Crippen LogP contribution in [0.3, 0.4) is 0 Å². The first-order valence-electron chi connectivity index (χ1n) is 9.18. The third-order valence-corrected chi connectivity index (χ3v) is 5.07. The van der Waals surface area contributed by atoms with E-state index in [9.17, 15) is 4.79 Å². The second kappa shape index (κ2) is 8.60. The van der Waals surface area contributed by atoms with E-state index in [4.69, 9.17) is 24.7 Å². The molecule has 1 amide bonds. The first-order valence-corrected chi connectivity index (χ1v) is 9.18. The highest BCUT2D eigenvalue weighted by atomic mass is 16.5. The first-order chi connectivity index (χ1) is 12.7. The number of amides is 1. The lowest BCUT2D eigenvalue weighted by molar-refractivity contribution is -0.144. The Hall–Kier alpha value is -1.99. The number of likely N-dealkylation sites (tertiary alicyclic amines) is 1. The molecule has 7 nitrogen and oxygen atoms in total. The molecule has 0 aromatic heterocycles. The van der Waals surface area contributed by atoms with E-state index in [0.717, 1.165) is 25.7 Å². The highest BCUT2D eigenvalue weighted by Crippen LogP contribution is 2.38. The van der Waals surface area contributed by atoms with E-state index in [2.05, 4.69) is 0 Å². The maximum atomic E-state index is 12.6. The fraction of sp³-hybridized carbons (Fsp3) is 0.632. The van der Waals surface area contributed by atoms with Crippen LogP contribution < -0.4 is 19.9 Å². The van der Waals surface area contributed by atoms with Crippen LogP contribution in [0.5, 0.6) is 17.2 Å². The van der Waals surface area contributed by atoms with Crippen molar-refractivity contribution in [3.8, 4) is 17.2 Å². The molecule has 0 aliphatic carbocycles. The molecule has 2 aliphatic rings. The summed E-state index contributed by atoms with van der Waals surface area (Å²) in [6.45, 7) is 1.79. The van der Waals surface area contributed by atoms with Crippen LogP contribution in [0, 0.1) is 0 Å². The molecule has 1 aromatic rings. The van der Waals surface area contributed by atoms with Gasteiger partial charge < -0.3 is 29.6 Å². The predicted octanol–water partition coefficient (Wildman–Crippen LogP) is 1.58. The van der Waals surface area contributed by atoms with Crippen LogP contribution >= 0.6 is 0 Å². The third kappa shape index (κ3) is 4.04. The van der Waals surface area contributed by atoms with Crippen molar-refractivity contribution in [2.45, 2.75) is 44.0 Å². The van der Waals surface area contributed by atoms with Crippen molar-refractivity contribution in [1.29, 1.82) is 0 Å². The summed E-state index contributed by atoms with van der Waals surface area (Å²) >= 11 is 0. The van der Waals surface area contributed by atoms with E-state index >= 15 is 0 Å². The zero-order valence-electron chi connectivity index (χ0n) is 15.5. The number of nitrogens with zero attached hydrogens (tertiary/aromatic N) is 1. The predicted molar refractivity (Wildman–Crippen MR) is 96.7 cm³/mol. The van der Waals surface area contributed by atoms with Crippen LogP contribution in [-0.4, -0.2) is 63.0 Å². The number of carbonyl (C=O) groups excluding carboxylic acids is 1. The SMILES string of the molecule is COc1cccc(OC)c1OC1CCN(C(=O)[C@@H]2CC[C@H](CN)O2)CC1. The number of hydrogen-bond acceptors (Lipinski definition) is 6. The van der Waals surface area contributed by atoms with Gasteiger partial charge in [0.25, 0.3) is 5.91 Å². The van der Waals surface area contributed by atoms with Crippen molar-refractivity contribution in [2.75, 3.05) is 33.9 Å². The van der Waals surface area contributed by atoms with Gasteiger partial charge in [-0.15, -0.1) is 0 Å². The maximum absolute atomic E-state index is 12.6. The molecule has 2 saturated heterocycles. The number of nitrogens with two attached hydrogens (primary N) is 1. The van der Waals surface area contributed by atoms with E-state index in [-0.39, 0.29) is 24.2 Å². The van der Waals surface area contributed by atoms with E-state index in [1.54, 1.807) is 14.2 Å². The minimum atomic E-state index is -0.338. The standard InChI is InChI=1S/C19H28N2O5/c1-23-15-4-3-5-16(24-2)18(15)26-13-8-10-21(11-9-13)19(22)17-7-6-14(12-20)25-17/h3-5,13-14,17H,6-12,20H2,1-2H3/t14-,17+/m1/s1. The maximum Gasteiger partial charge on any atom is 0.251 e. The molecule has 2 heterocycles. The second-order valence-electron chi connectivity index (χ2n) is 6.69. The largest absolute Gasteiger partial charge is 0.493 e. The average molecular weight is 364 g/mol. The molecule has 0 bridgehead atoms. The topological polar surface area (TPSA) is 83.2 Å². The smallest absolute Gasteiger partial charge is 0.251 e. The first kappa shape index (κ1) is 18.8. The number of rotatable bonds is 6. The van der Waals surface area contributed by atoms with Gasteiger partial charge in [-0.2, -0.15) is 0 Å². The van der Waals surface area contributed by atoms with Gasteiger partial charge in [0.2, 0.25) is 5.75 Å². The third-order valence-electron chi connectivity index (χ3n) is 5.07. The van der Waals surface area contributed by atoms with Gasteiger partial charge in [-0.1, -0.05) is 6.07 Å². The highest BCUT2D eigenvalue weighted by molar-refractivity contribution is 5.81. The Balaban J connectivity index is 1.55. The Morgan fingerprint density at radius 1 is 1.15 bits per heavy atom. The van der Waals surface area contributed by atoms with Crippen molar-refractivity contribution >= 4 is 5.91 Å². The highest BCUT2D eigenvalue weighted by Gasteiger charge is 2.35. The minimum Gasteiger partial charge on any atom is -0.493 e. The fourth-order valence-electron chi connectivity index (χ4n) is 3.56. The van der Waals surface area contributed by atoms with E-state index < -0.39 is 0 Å². The Morgan fingerprint density at radius 3 is 2.35 bits per heavy atom. The molecule has 0 radical (unpaired) electrons. The van der Waals surface area contributed by atoms with Gasteiger partial charge in [-0.05, 0) is 25.0 Å². The molecule has 7 heteroatoms. The Morgan fingerprint density at radius 2 is 1.81 bits per heavy atom. The molecule has 26 heavy (non-hydrogen) atoms. The van der Waals surface area contributed by atoms with Crippen molar-refractivity contribution in [3.63, 3.8) is 0 Å². The minimum absolute atomic E-state index is 0.0165. The molecule has 0 spiro atoms. The van der Waals surface area contributed by atoms with Crippen LogP contribution in [0.4, 0.5) is 0 Å². The quantitative estimate of drug-likeness (QED) is 0.825. The molecule has 2 aliphatic heterocycles. The molecular formula is C19H28N2O5. The number of para-hydroxylation sites is 1. The van der Waals surface area contributed by atoms with Crippen molar-refractivity contribution in [2.24, 2.45) is 5.73 Å². The number of benzene rings is 1. The van der Waals surface area contributed by atoms with Crippen LogP contribution in [0.2, 0.25) is 0 Å². The van der Waals surface area contributed by atoms with Gasteiger partial charge >= 0.3 is 0 Å². The van der Waals surface area contributed by atoms with Crippen LogP contribution in [-0.2, 0) is 9.53 Å². The van der Waals surface area contributed by atoms with Crippen LogP contribution in [0.1, 0.15) is 25.7 Å². The number of ether oxygens (including phenoxy) is 4. The zero-order chi connectivity index (χ0) is 18.5. The Kier molecular flexibility index (Phi) is 6.21. The molecular weight excluding hydrogens is 336 g/mol. The average Bonchev–Trinajstić information content (AvgIpc) is 3.17. The second-order valence-corrected chi connectivity index (χ2v) is 6.69. The lowest BCUT2D eigenvalue weighted by Crippen LogP contribution is -2.46. The van der Waals surface area contributed by atoms with E-state index in [1.807, 2.05) is 23.1 Å². The number of hydrogen-bond donors (Lipinski definition) is 1. The zero-order valence-corrected chi connectivity index (χ0v) is 15.5. The van der Waals surface area contributed by atoms with Gasteiger partial charge in [0.1, 0.15) is 12.2 Å². The molecule has 144 valence electrons. The molecule has 2 fully saturated rings. The molecule has 1 aromatic carbocycles. The molecule has 0 unspecified atom stereocenters. The number of carbonyl (C=O) groups is 1. The summed E-state index contributed by atoms with van der Waals surface area (Å²) in [4.78, 5) is 14.5. The molecule has 2 N–H and O–H groups in total. The van der Waals surface area contributed by atoms with Crippen molar-refractivity contribution in [3.05, 3.63) is 18.2 Å². The normalized spacial score (nSPS) is 23.7. The van der Waals surface area contributed by atoms with Gasteiger partial charge in [-0.3, -0.25) is 4.79 Å². The van der Waals surface area contributed by atoms with Gasteiger partial charge in [-0.25, -0.2) is 0 Å². The summed E-state index contributed by atoms with van der Waals surface area (Å²) < 4.78 is 22.6. The molecule has 2 atom stereocenters. The van der Waals surface area contributed by atoms with E-state index in [1.165, 1.54) is 0 Å². The van der Waals surface area contributed by atoms with Crippen LogP contribution in [0.25, 0.3) is 0 Å². The van der Waals surface area contributed by atoms with Gasteiger partial charge in [0, 0.05) is 32.5 Å². The monoisotopic (exact) mass is 364 g/mol. The summed E-state index contributed by atoms with van der Waals surface area (Å²) in [5.74, 6) is 1.99. The Labute approximate surface area is 154 Å². The lowest BCUT2D eigenvalue weighted by atomic mass is 10.1. The molecule has 3 rings (SSSR count). The van der Waals surface area contributed by atoms with E-state index in [0.29, 0.717) is 36.9 Å². The summed E-state index contributed by atoms with van der Waals surface area (Å²) in [5.41, 5.74) is 5.63. The Bertz CT molecular complexity index is 594.